The molecule has 0 bridgehead atoms. The Kier molecular flexibility index (Phi) is 3.15. The zero-order chi connectivity index (χ0) is 11.4. The largest absolute Gasteiger partial charge is 0.296 e. The number of benzene rings is 1. The summed E-state index contributed by atoms with van der Waals surface area (Å²) in [6.45, 7) is 2.08. The van der Waals surface area contributed by atoms with Gasteiger partial charge in [-0.2, -0.15) is 0 Å². The van der Waals surface area contributed by atoms with Crippen molar-refractivity contribution in [2.45, 2.75) is 19.8 Å². The first-order valence-corrected chi connectivity index (χ1v) is 5.43. The highest BCUT2D eigenvalue weighted by Gasteiger charge is 2.09. The minimum Gasteiger partial charge on any atom is -0.296 e. The molecule has 0 unspecified atom stereocenters. The Hall–Kier alpha value is -1.90. The Balaban J connectivity index is 2.46. The summed E-state index contributed by atoms with van der Waals surface area (Å²) >= 11 is 0. The van der Waals surface area contributed by atoms with E-state index in [0.29, 0.717) is 5.69 Å². The third-order valence-corrected chi connectivity index (χ3v) is 2.52. The minimum atomic E-state index is 0.660. The predicted octanol–water partition coefficient (Wildman–Crippen LogP) is 2.64. The highest BCUT2D eigenvalue weighted by Crippen LogP contribution is 2.14. The molecule has 0 amide bonds. The molecule has 0 aliphatic carbocycles. The van der Waals surface area contributed by atoms with Gasteiger partial charge in [-0.15, -0.1) is 0 Å². The molecule has 0 saturated carbocycles. The van der Waals surface area contributed by atoms with Gasteiger partial charge in [0.25, 0.3) is 0 Å². The van der Waals surface area contributed by atoms with Crippen LogP contribution in [0.15, 0.2) is 36.7 Å². The van der Waals surface area contributed by atoms with E-state index in [9.17, 15) is 4.79 Å². The van der Waals surface area contributed by atoms with E-state index < -0.39 is 0 Å². The van der Waals surface area contributed by atoms with Gasteiger partial charge in [0.05, 0.1) is 5.69 Å². The Morgan fingerprint density at radius 2 is 2.06 bits per heavy atom. The van der Waals surface area contributed by atoms with E-state index in [4.69, 9.17) is 0 Å². The van der Waals surface area contributed by atoms with Gasteiger partial charge < -0.3 is 0 Å². The Bertz CT molecular complexity index is 474. The molecule has 3 nitrogen and oxygen atoms in total. The molecule has 0 saturated heterocycles. The second-order valence-electron chi connectivity index (χ2n) is 3.65. The lowest BCUT2D eigenvalue weighted by atomic mass is 10.2. The molecular formula is C13H14N2O. The van der Waals surface area contributed by atoms with Gasteiger partial charge >= 0.3 is 0 Å². The Morgan fingerprint density at radius 1 is 1.31 bits per heavy atom. The van der Waals surface area contributed by atoms with Crippen LogP contribution in [0.2, 0.25) is 0 Å². The van der Waals surface area contributed by atoms with E-state index in [1.807, 2.05) is 34.9 Å². The van der Waals surface area contributed by atoms with Gasteiger partial charge in [0.1, 0.15) is 12.0 Å². The lowest BCUT2D eigenvalue weighted by Gasteiger charge is -2.04. The first kappa shape index (κ1) is 10.6. The molecule has 16 heavy (non-hydrogen) atoms. The van der Waals surface area contributed by atoms with Crippen molar-refractivity contribution in [3.63, 3.8) is 0 Å². The molecule has 0 fully saturated rings. The summed E-state index contributed by atoms with van der Waals surface area (Å²) in [6, 6.07) is 9.77. The Labute approximate surface area is 94.7 Å². The van der Waals surface area contributed by atoms with Gasteiger partial charge in [-0.25, -0.2) is 4.98 Å². The van der Waals surface area contributed by atoms with Crippen LogP contribution in [0, 0.1) is 0 Å². The van der Waals surface area contributed by atoms with E-state index in [-0.39, 0.29) is 0 Å². The topological polar surface area (TPSA) is 34.9 Å². The normalized spacial score (nSPS) is 10.3. The summed E-state index contributed by atoms with van der Waals surface area (Å²) in [5, 5.41) is 0. The first-order valence-electron chi connectivity index (χ1n) is 5.43. The molecule has 1 heterocycles. The fraction of sp³-hybridized carbons (Fsp3) is 0.231. The van der Waals surface area contributed by atoms with Gasteiger partial charge in [-0.3, -0.25) is 9.36 Å². The molecule has 0 aliphatic rings. The standard InChI is InChI=1S/C13H14N2O/c1-2-6-12-13(9-16)15(10-14-12)11-7-4-3-5-8-11/h3-5,7-10H,2,6H2,1H3. The molecule has 0 atom stereocenters. The van der Waals surface area contributed by atoms with Gasteiger partial charge in [-0.1, -0.05) is 31.5 Å². The summed E-state index contributed by atoms with van der Waals surface area (Å²) in [6.07, 6.45) is 4.43. The number of aryl methyl sites for hydroxylation is 1. The van der Waals surface area contributed by atoms with E-state index >= 15 is 0 Å². The summed E-state index contributed by atoms with van der Waals surface area (Å²) in [4.78, 5) is 15.4. The molecule has 0 N–H and O–H groups in total. The number of para-hydroxylation sites is 1. The second kappa shape index (κ2) is 4.75. The number of carbonyl (C=O) groups is 1. The quantitative estimate of drug-likeness (QED) is 0.733. The second-order valence-corrected chi connectivity index (χ2v) is 3.65. The number of rotatable bonds is 4. The van der Waals surface area contributed by atoms with Crippen molar-refractivity contribution in [3.8, 4) is 5.69 Å². The maximum atomic E-state index is 11.1. The maximum Gasteiger partial charge on any atom is 0.168 e. The summed E-state index contributed by atoms with van der Waals surface area (Å²) < 4.78 is 1.83. The number of aldehydes is 1. The van der Waals surface area contributed by atoms with Crippen LogP contribution in [0.5, 0.6) is 0 Å². The van der Waals surface area contributed by atoms with E-state index in [1.165, 1.54) is 0 Å². The fourth-order valence-electron chi connectivity index (χ4n) is 1.74. The van der Waals surface area contributed by atoms with Crippen LogP contribution in [0.1, 0.15) is 29.5 Å². The van der Waals surface area contributed by atoms with E-state index in [1.54, 1.807) is 6.33 Å². The molecule has 1 aromatic carbocycles. The summed E-state index contributed by atoms with van der Waals surface area (Å²) in [5.41, 5.74) is 2.51. The molecule has 82 valence electrons. The van der Waals surface area contributed by atoms with Crippen molar-refractivity contribution in [1.82, 2.24) is 9.55 Å². The van der Waals surface area contributed by atoms with Crippen molar-refractivity contribution < 1.29 is 4.79 Å². The lowest BCUT2D eigenvalue weighted by molar-refractivity contribution is 0.111. The van der Waals surface area contributed by atoms with Crippen LogP contribution in [-0.4, -0.2) is 15.8 Å². The highest BCUT2D eigenvalue weighted by atomic mass is 16.1. The number of nitrogens with zero attached hydrogens (tertiary/aromatic N) is 2. The van der Waals surface area contributed by atoms with Crippen LogP contribution in [0.25, 0.3) is 5.69 Å². The molecule has 0 spiro atoms. The minimum absolute atomic E-state index is 0.660. The average molecular weight is 214 g/mol. The average Bonchev–Trinajstić information content (AvgIpc) is 2.73. The van der Waals surface area contributed by atoms with Gasteiger partial charge in [0, 0.05) is 5.69 Å². The predicted molar refractivity (Wildman–Crippen MR) is 62.9 cm³/mol. The number of imidazole rings is 1. The molecule has 3 heteroatoms. The Morgan fingerprint density at radius 3 is 2.69 bits per heavy atom. The number of hydrogen-bond acceptors (Lipinski definition) is 2. The third kappa shape index (κ3) is 1.89. The monoisotopic (exact) mass is 214 g/mol. The van der Waals surface area contributed by atoms with Crippen LogP contribution in [0.3, 0.4) is 0 Å². The SMILES string of the molecule is CCCc1ncn(-c2ccccc2)c1C=O. The maximum absolute atomic E-state index is 11.1. The molecular weight excluding hydrogens is 200 g/mol. The zero-order valence-corrected chi connectivity index (χ0v) is 9.26. The van der Waals surface area contributed by atoms with E-state index in [0.717, 1.165) is 30.5 Å². The smallest absolute Gasteiger partial charge is 0.168 e. The number of aromatic nitrogens is 2. The van der Waals surface area contributed by atoms with Crippen LogP contribution >= 0.6 is 0 Å². The van der Waals surface area contributed by atoms with E-state index in [2.05, 4.69) is 11.9 Å². The molecule has 2 aromatic rings. The molecule has 1 aromatic heterocycles. The lowest BCUT2D eigenvalue weighted by Crippen LogP contribution is -2.00. The van der Waals surface area contributed by atoms with Crippen molar-refractivity contribution >= 4 is 6.29 Å². The molecule has 0 aliphatic heterocycles. The van der Waals surface area contributed by atoms with Crippen LogP contribution in [0.4, 0.5) is 0 Å². The number of hydrogen-bond donors (Lipinski definition) is 0. The number of carbonyl (C=O) groups excluding carboxylic acids is 1. The highest BCUT2D eigenvalue weighted by molar-refractivity contribution is 5.75. The summed E-state index contributed by atoms with van der Waals surface area (Å²) in [5.74, 6) is 0. The fourth-order valence-corrected chi connectivity index (χ4v) is 1.74. The molecule has 0 radical (unpaired) electrons. The van der Waals surface area contributed by atoms with Crippen molar-refractivity contribution in [3.05, 3.63) is 48.0 Å². The third-order valence-electron chi connectivity index (χ3n) is 2.52. The van der Waals surface area contributed by atoms with Crippen molar-refractivity contribution in [1.29, 1.82) is 0 Å². The van der Waals surface area contributed by atoms with Gasteiger partial charge in [-0.05, 0) is 18.6 Å². The van der Waals surface area contributed by atoms with Gasteiger partial charge in [0.15, 0.2) is 6.29 Å². The van der Waals surface area contributed by atoms with Crippen molar-refractivity contribution in [2.24, 2.45) is 0 Å². The molecule has 2 rings (SSSR count). The first-order chi connectivity index (χ1) is 7.86. The van der Waals surface area contributed by atoms with Crippen LogP contribution in [-0.2, 0) is 6.42 Å². The zero-order valence-electron chi connectivity index (χ0n) is 9.26. The van der Waals surface area contributed by atoms with Gasteiger partial charge in [0.2, 0.25) is 0 Å². The van der Waals surface area contributed by atoms with Crippen molar-refractivity contribution in [2.75, 3.05) is 0 Å². The van der Waals surface area contributed by atoms with Crippen LogP contribution < -0.4 is 0 Å². The summed E-state index contributed by atoms with van der Waals surface area (Å²) in [7, 11) is 0.